The Hall–Kier alpha value is -0.0800. The molecule has 0 amide bonds. The molecule has 0 saturated carbocycles. The third-order valence-electron chi connectivity index (χ3n) is 1.34. The van der Waals surface area contributed by atoms with Crippen LogP contribution in [0.2, 0.25) is 0 Å². The molecular formula is C7H17NO. The molecule has 0 rings (SSSR count). The molecule has 2 heteroatoms. The minimum atomic E-state index is -0.0178. The predicted octanol–water partition coefficient (Wildman–Crippen LogP) is 1.72. The number of hydroxylamine groups is 1. The van der Waals surface area contributed by atoms with Crippen molar-refractivity contribution in [2.75, 3.05) is 6.54 Å². The summed E-state index contributed by atoms with van der Waals surface area (Å²) in [6.45, 7) is 9.12. The van der Waals surface area contributed by atoms with Crippen LogP contribution >= 0.6 is 0 Å². The first-order valence-electron chi connectivity index (χ1n) is 3.53. The van der Waals surface area contributed by atoms with Crippen LogP contribution in [0.5, 0.6) is 0 Å². The molecule has 0 spiro atoms. The first-order chi connectivity index (χ1) is 4.12. The summed E-state index contributed by atoms with van der Waals surface area (Å²) in [6.07, 6.45) is 1.03. The van der Waals surface area contributed by atoms with E-state index in [0.717, 1.165) is 13.0 Å². The SMILES string of the molecule is CCNOC(C)(C)CC. The van der Waals surface area contributed by atoms with Gasteiger partial charge in [-0.3, -0.25) is 4.84 Å². The molecule has 0 aromatic rings. The van der Waals surface area contributed by atoms with Crippen molar-refractivity contribution in [3.63, 3.8) is 0 Å². The van der Waals surface area contributed by atoms with Crippen molar-refractivity contribution in [1.29, 1.82) is 0 Å². The summed E-state index contributed by atoms with van der Waals surface area (Å²) in [6, 6.07) is 0. The van der Waals surface area contributed by atoms with E-state index in [9.17, 15) is 0 Å². The lowest BCUT2D eigenvalue weighted by molar-refractivity contribution is -0.0839. The number of nitrogens with one attached hydrogen (secondary N) is 1. The first kappa shape index (κ1) is 8.92. The zero-order valence-electron chi connectivity index (χ0n) is 6.82. The zero-order chi connectivity index (χ0) is 7.33. The van der Waals surface area contributed by atoms with Gasteiger partial charge in [0.05, 0.1) is 5.60 Å². The lowest BCUT2D eigenvalue weighted by Gasteiger charge is -2.22. The molecule has 0 fully saturated rings. The van der Waals surface area contributed by atoms with Crippen LogP contribution in [0.15, 0.2) is 0 Å². The molecule has 0 unspecified atom stereocenters. The summed E-state index contributed by atoms with van der Waals surface area (Å²) in [5.41, 5.74) is 2.82. The average molecular weight is 131 g/mol. The Morgan fingerprint density at radius 2 is 1.89 bits per heavy atom. The van der Waals surface area contributed by atoms with Gasteiger partial charge in [0.25, 0.3) is 0 Å². The smallest absolute Gasteiger partial charge is 0.0838 e. The monoisotopic (exact) mass is 131 g/mol. The summed E-state index contributed by atoms with van der Waals surface area (Å²) < 4.78 is 0. The third-order valence-corrected chi connectivity index (χ3v) is 1.34. The van der Waals surface area contributed by atoms with Gasteiger partial charge in [-0.1, -0.05) is 13.8 Å². The first-order valence-corrected chi connectivity index (χ1v) is 3.53. The Balaban J connectivity index is 3.33. The normalized spacial score (nSPS) is 12.0. The lowest BCUT2D eigenvalue weighted by Crippen LogP contribution is -2.31. The highest BCUT2D eigenvalue weighted by atomic mass is 16.7. The largest absolute Gasteiger partial charge is 0.296 e. The third kappa shape index (κ3) is 4.43. The highest BCUT2D eigenvalue weighted by Gasteiger charge is 2.14. The second-order valence-electron chi connectivity index (χ2n) is 2.71. The van der Waals surface area contributed by atoms with E-state index >= 15 is 0 Å². The molecule has 0 aromatic carbocycles. The van der Waals surface area contributed by atoms with Gasteiger partial charge in [-0.05, 0) is 20.3 Å². The average Bonchev–Trinajstić information content (AvgIpc) is 1.84. The minimum absolute atomic E-state index is 0.0178. The van der Waals surface area contributed by atoms with E-state index in [1.807, 2.05) is 6.92 Å². The van der Waals surface area contributed by atoms with Crippen LogP contribution in [0, 0.1) is 0 Å². The molecule has 0 saturated heterocycles. The number of hydrogen-bond donors (Lipinski definition) is 1. The number of rotatable bonds is 4. The molecule has 0 heterocycles. The molecule has 56 valence electrons. The summed E-state index contributed by atoms with van der Waals surface area (Å²) in [4.78, 5) is 5.28. The molecule has 0 aliphatic carbocycles. The van der Waals surface area contributed by atoms with Crippen LogP contribution in [0.3, 0.4) is 0 Å². The van der Waals surface area contributed by atoms with Crippen molar-refractivity contribution in [1.82, 2.24) is 5.48 Å². The van der Waals surface area contributed by atoms with Crippen molar-refractivity contribution in [3.8, 4) is 0 Å². The molecule has 0 aromatic heterocycles. The van der Waals surface area contributed by atoms with E-state index in [1.165, 1.54) is 0 Å². The fraction of sp³-hybridized carbons (Fsp3) is 1.00. The van der Waals surface area contributed by atoms with Crippen LogP contribution in [0.1, 0.15) is 34.1 Å². The topological polar surface area (TPSA) is 21.3 Å². The Bertz CT molecular complexity index is 71.3. The lowest BCUT2D eigenvalue weighted by atomic mass is 10.1. The van der Waals surface area contributed by atoms with Crippen molar-refractivity contribution in [2.24, 2.45) is 0 Å². The predicted molar refractivity (Wildman–Crippen MR) is 39.1 cm³/mol. The summed E-state index contributed by atoms with van der Waals surface area (Å²) in [7, 11) is 0. The fourth-order valence-electron chi connectivity index (χ4n) is 0.340. The van der Waals surface area contributed by atoms with Crippen molar-refractivity contribution < 1.29 is 4.84 Å². The summed E-state index contributed by atoms with van der Waals surface area (Å²) in [5, 5.41) is 0. The van der Waals surface area contributed by atoms with Crippen molar-refractivity contribution >= 4 is 0 Å². The molecule has 0 aliphatic heterocycles. The van der Waals surface area contributed by atoms with Crippen LogP contribution in [-0.4, -0.2) is 12.1 Å². The molecular weight excluding hydrogens is 114 g/mol. The maximum atomic E-state index is 5.28. The van der Waals surface area contributed by atoms with E-state index < -0.39 is 0 Å². The maximum absolute atomic E-state index is 5.28. The Kier molecular flexibility index (Phi) is 3.82. The highest BCUT2D eigenvalue weighted by Crippen LogP contribution is 2.10. The fourth-order valence-corrected chi connectivity index (χ4v) is 0.340. The number of hydrogen-bond acceptors (Lipinski definition) is 2. The second-order valence-corrected chi connectivity index (χ2v) is 2.71. The van der Waals surface area contributed by atoms with E-state index in [2.05, 4.69) is 26.3 Å². The van der Waals surface area contributed by atoms with Crippen LogP contribution in [0.4, 0.5) is 0 Å². The van der Waals surface area contributed by atoms with Gasteiger partial charge in [-0.25, -0.2) is 5.48 Å². The molecule has 9 heavy (non-hydrogen) atoms. The highest BCUT2D eigenvalue weighted by molar-refractivity contribution is 4.62. The van der Waals surface area contributed by atoms with Gasteiger partial charge >= 0.3 is 0 Å². The van der Waals surface area contributed by atoms with E-state index in [4.69, 9.17) is 4.84 Å². The van der Waals surface area contributed by atoms with Gasteiger partial charge in [0.15, 0.2) is 0 Å². The van der Waals surface area contributed by atoms with Crippen LogP contribution in [-0.2, 0) is 4.84 Å². The van der Waals surface area contributed by atoms with Gasteiger partial charge in [0, 0.05) is 6.54 Å². The van der Waals surface area contributed by atoms with Gasteiger partial charge in [-0.2, -0.15) is 0 Å². The van der Waals surface area contributed by atoms with E-state index in [1.54, 1.807) is 0 Å². The van der Waals surface area contributed by atoms with Crippen molar-refractivity contribution in [3.05, 3.63) is 0 Å². The molecule has 1 N–H and O–H groups in total. The minimum Gasteiger partial charge on any atom is -0.296 e. The molecule has 0 atom stereocenters. The summed E-state index contributed by atoms with van der Waals surface area (Å²) >= 11 is 0. The van der Waals surface area contributed by atoms with Crippen molar-refractivity contribution in [2.45, 2.75) is 39.7 Å². The summed E-state index contributed by atoms with van der Waals surface area (Å²) in [5.74, 6) is 0. The van der Waals surface area contributed by atoms with Gasteiger partial charge in [0.2, 0.25) is 0 Å². The Labute approximate surface area is 57.5 Å². The van der Waals surface area contributed by atoms with Gasteiger partial charge < -0.3 is 0 Å². The molecule has 0 radical (unpaired) electrons. The maximum Gasteiger partial charge on any atom is 0.0838 e. The second kappa shape index (κ2) is 3.85. The van der Waals surface area contributed by atoms with Crippen LogP contribution in [0.25, 0.3) is 0 Å². The Morgan fingerprint density at radius 3 is 2.22 bits per heavy atom. The van der Waals surface area contributed by atoms with E-state index in [0.29, 0.717) is 0 Å². The molecule has 0 bridgehead atoms. The van der Waals surface area contributed by atoms with Crippen LogP contribution < -0.4 is 5.48 Å². The van der Waals surface area contributed by atoms with Gasteiger partial charge in [-0.15, -0.1) is 0 Å². The zero-order valence-corrected chi connectivity index (χ0v) is 6.82. The van der Waals surface area contributed by atoms with Gasteiger partial charge in [0.1, 0.15) is 0 Å². The Morgan fingerprint density at radius 1 is 1.33 bits per heavy atom. The standard InChI is InChI=1S/C7H17NO/c1-5-7(3,4)9-8-6-2/h8H,5-6H2,1-4H3. The van der Waals surface area contributed by atoms with E-state index in [-0.39, 0.29) is 5.60 Å². The quantitative estimate of drug-likeness (QED) is 0.586. The molecule has 2 nitrogen and oxygen atoms in total. The molecule has 0 aliphatic rings.